The van der Waals surface area contributed by atoms with Crippen molar-refractivity contribution in [3.63, 3.8) is 0 Å². The monoisotopic (exact) mass is 456 g/mol. The van der Waals surface area contributed by atoms with Gasteiger partial charge in [-0.15, -0.1) is 0 Å². The molecule has 10 heteroatoms. The summed E-state index contributed by atoms with van der Waals surface area (Å²) in [5.74, 6) is -2.76. The van der Waals surface area contributed by atoms with E-state index in [2.05, 4.69) is 17.1 Å². The van der Waals surface area contributed by atoms with Crippen molar-refractivity contribution < 1.29 is 36.2 Å². The molecule has 0 amide bonds. The van der Waals surface area contributed by atoms with E-state index in [0.29, 0.717) is 18.2 Å². The fraction of sp³-hybridized carbons (Fsp3) is 0.667. The van der Waals surface area contributed by atoms with Crippen LogP contribution in [0, 0.1) is 0 Å². The lowest BCUT2D eigenvalue weighted by molar-refractivity contribution is -0.192. The molecule has 1 aromatic rings. The Bertz CT molecular complexity index is 656. The summed E-state index contributed by atoms with van der Waals surface area (Å²) < 4.78 is 69.9. The molecule has 0 atom stereocenters. The van der Waals surface area contributed by atoms with Crippen LogP contribution in [0.1, 0.15) is 56.6 Å². The Hall–Kier alpha value is -1.81. The standard InChI is InChI=1S/C19H29F3N2.C2HF3O2/c1-2-3-4-5-11-24-12-9-18(10-13-24)23-15-16-7-6-8-17(14-16)19(20,21)22;3-2(4,5)1(6)7/h6-8,14,18,23H,2-5,9-13,15H2,1H3;(H,6,7). The largest absolute Gasteiger partial charge is 0.490 e. The Balaban J connectivity index is 0.000000592. The van der Waals surface area contributed by atoms with Crippen molar-refractivity contribution >= 4 is 5.97 Å². The number of piperidine rings is 1. The first-order valence-electron chi connectivity index (χ1n) is 10.4. The summed E-state index contributed by atoms with van der Waals surface area (Å²) in [6.45, 7) is 6.09. The van der Waals surface area contributed by atoms with Gasteiger partial charge in [0, 0.05) is 12.6 Å². The first-order chi connectivity index (χ1) is 14.4. The van der Waals surface area contributed by atoms with E-state index in [1.54, 1.807) is 6.07 Å². The molecular formula is C21H30F6N2O2. The Morgan fingerprint density at radius 2 is 1.71 bits per heavy atom. The summed E-state index contributed by atoms with van der Waals surface area (Å²) in [4.78, 5) is 11.4. The van der Waals surface area contributed by atoms with Gasteiger partial charge >= 0.3 is 18.3 Å². The zero-order valence-electron chi connectivity index (χ0n) is 17.5. The number of hydrogen-bond donors (Lipinski definition) is 2. The van der Waals surface area contributed by atoms with Gasteiger partial charge in [0.25, 0.3) is 0 Å². The van der Waals surface area contributed by atoms with E-state index in [0.717, 1.165) is 32.0 Å². The number of nitrogens with zero attached hydrogens (tertiary/aromatic N) is 1. The third kappa shape index (κ3) is 11.4. The Labute approximate surface area is 178 Å². The number of nitrogens with one attached hydrogen (secondary N) is 1. The average Bonchev–Trinajstić information content (AvgIpc) is 2.70. The highest BCUT2D eigenvalue weighted by atomic mass is 19.4. The van der Waals surface area contributed by atoms with E-state index in [1.165, 1.54) is 44.4 Å². The summed E-state index contributed by atoms with van der Waals surface area (Å²) in [7, 11) is 0. The summed E-state index contributed by atoms with van der Waals surface area (Å²) in [6, 6.07) is 6.02. The number of rotatable bonds is 8. The number of carboxylic acids is 1. The maximum absolute atomic E-state index is 12.7. The van der Waals surface area contributed by atoms with Gasteiger partial charge in [0.15, 0.2) is 0 Å². The normalized spacial score (nSPS) is 16.0. The van der Waals surface area contributed by atoms with Crippen molar-refractivity contribution in [1.29, 1.82) is 0 Å². The number of likely N-dealkylation sites (tertiary alicyclic amines) is 1. The summed E-state index contributed by atoms with van der Waals surface area (Å²) in [5, 5.41) is 10.5. The van der Waals surface area contributed by atoms with Crippen LogP contribution in [-0.4, -0.2) is 47.8 Å². The zero-order chi connectivity index (χ0) is 23.5. The van der Waals surface area contributed by atoms with E-state index in [1.807, 2.05) is 0 Å². The number of alkyl halides is 6. The molecule has 4 nitrogen and oxygen atoms in total. The van der Waals surface area contributed by atoms with Gasteiger partial charge < -0.3 is 15.3 Å². The third-order valence-electron chi connectivity index (χ3n) is 5.01. The average molecular weight is 456 g/mol. The second-order valence-corrected chi connectivity index (χ2v) is 7.56. The molecule has 1 aromatic carbocycles. The van der Waals surface area contributed by atoms with E-state index in [-0.39, 0.29) is 0 Å². The SMILES string of the molecule is CCCCCCN1CCC(NCc2cccc(C(F)(F)F)c2)CC1.O=C(O)C(F)(F)F. The van der Waals surface area contributed by atoms with Crippen molar-refractivity contribution in [3.8, 4) is 0 Å². The number of halogens is 6. The van der Waals surface area contributed by atoms with E-state index >= 15 is 0 Å². The Kier molecular flexibility index (Phi) is 11.3. The molecule has 1 aliphatic rings. The zero-order valence-corrected chi connectivity index (χ0v) is 17.5. The minimum atomic E-state index is -5.08. The molecule has 1 aliphatic heterocycles. The lowest BCUT2D eigenvalue weighted by Crippen LogP contribution is -2.42. The van der Waals surface area contributed by atoms with Gasteiger partial charge in [0.1, 0.15) is 0 Å². The highest BCUT2D eigenvalue weighted by molar-refractivity contribution is 5.73. The van der Waals surface area contributed by atoms with Crippen molar-refractivity contribution in [2.24, 2.45) is 0 Å². The van der Waals surface area contributed by atoms with Crippen LogP contribution in [0.2, 0.25) is 0 Å². The van der Waals surface area contributed by atoms with Gasteiger partial charge in [-0.2, -0.15) is 26.3 Å². The molecule has 2 N–H and O–H groups in total. The molecule has 0 spiro atoms. The molecule has 1 heterocycles. The molecular weight excluding hydrogens is 426 g/mol. The predicted octanol–water partition coefficient (Wildman–Crippen LogP) is 5.47. The van der Waals surface area contributed by atoms with Gasteiger partial charge in [0.05, 0.1) is 5.56 Å². The van der Waals surface area contributed by atoms with Crippen LogP contribution >= 0.6 is 0 Å². The summed E-state index contributed by atoms with van der Waals surface area (Å²) in [6.07, 6.45) is -2.03. The third-order valence-corrected chi connectivity index (χ3v) is 5.01. The fourth-order valence-corrected chi connectivity index (χ4v) is 3.24. The second-order valence-electron chi connectivity index (χ2n) is 7.56. The maximum atomic E-state index is 12.7. The van der Waals surface area contributed by atoms with Crippen LogP contribution in [-0.2, 0) is 17.5 Å². The van der Waals surface area contributed by atoms with Crippen molar-refractivity contribution in [2.75, 3.05) is 19.6 Å². The van der Waals surface area contributed by atoms with Crippen LogP contribution < -0.4 is 5.32 Å². The van der Waals surface area contributed by atoms with Gasteiger partial charge in [0.2, 0.25) is 0 Å². The number of hydrogen-bond acceptors (Lipinski definition) is 3. The molecule has 178 valence electrons. The molecule has 0 saturated carbocycles. The number of carbonyl (C=O) groups is 1. The molecule has 0 aromatic heterocycles. The summed E-state index contributed by atoms with van der Waals surface area (Å²) in [5.41, 5.74) is 0.135. The highest BCUT2D eigenvalue weighted by Gasteiger charge is 2.38. The highest BCUT2D eigenvalue weighted by Crippen LogP contribution is 2.29. The molecule has 0 bridgehead atoms. The Morgan fingerprint density at radius 1 is 1.10 bits per heavy atom. The molecule has 1 fully saturated rings. The van der Waals surface area contributed by atoms with Gasteiger partial charge in [-0.25, -0.2) is 4.79 Å². The summed E-state index contributed by atoms with van der Waals surface area (Å²) >= 11 is 0. The lowest BCUT2D eigenvalue weighted by atomic mass is 10.0. The van der Waals surface area contributed by atoms with Gasteiger partial charge in [-0.3, -0.25) is 0 Å². The minimum Gasteiger partial charge on any atom is -0.475 e. The van der Waals surface area contributed by atoms with Crippen molar-refractivity contribution in [3.05, 3.63) is 35.4 Å². The van der Waals surface area contributed by atoms with Crippen molar-refractivity contribution in [1.82, 2.24) is 10.2 Å². The number of unbranched alkanes of at least 4 members (excludes halogenated alkanes) is 3. The lowest BCUT2D eigenvalue weighted by Gasteiger charge is -2.32. The van der Waals surface area contributed by atoms with Gasteiger partial charge in [-0.05, 0) is 50.5 Å². The minimum absolute atomic E-state index is 0.409. The van der Waals surface area contributed by atoms with E-state index < -0.39 is 23.9 Å². The van der Waals surface area contributed by atoms with Crippen LogP contribution in [0.4, 0.5) is 26.3 Å². The molecule has 0 aliphatic carbocycles. The van der Waals surface area contributed by atoms with Gasteiger partial charge in [-0.1, -0.05) is 44.4 Å². The Morgan fingerprint density at radius 3 is 2.23 bits per heavy atom. The maximum Gasteiger partial charge on any atom is 0.490 e. The molecule has 1 saturated heterocycles. The first kappa shape index (κ1) is 27.2. The molecule has 0 radical (unpaired) electrons. The van der Waals surface area contributed by atoms with E-state index in [4.69, 9.17) is 9.90 Å². The number of aliphatic carboxylic acids is 1. The van der Waals surface area contributed by atoms with Crippen LogP contribution in [0.5, 0.6) is 0 Å². The molecule has 31 heavy (non-hydrogen) atoms. The number of benzene rings is 1. The smallest absolute Gasteiger partial charge is 0.475 e. The van der Waals surface area contributed by atoms with Crippen LogP contribution in [0.15, 0.2) is 24.3 Å². The second kappa shape index (κ2) is 12.9. The topological polar surface area (TPSA) is 52.6 Å². The number of carboxylic acid groups (broad SMARTS) is 1. The quantitative estimate of drug-likeness (QED) is 0.402. The fourth-order valence-electron chi connectivity index (χ4n) is 3.24. The van der Waals surface area contributed by atoms with E-state index in [9.17, 15) is 26.3 Å². The molecule has 0 unspecified atom stereocenters. The first-order valence-corrected chi connectivity index (χ1v) is 10.4. The van der Waals surface area contributed by atoms with Crippen molar-refractivity contribution in [2.45, 2.75) is 70.4 Å². The molecule has 2 rings (SSSR count). The van der Waals surface area contributed by atoms with Crippen LogP contribution in [0.25, 0.3) is 0 Å². The predicted molar refractivity (Wildman–Crippen MR) is 106 cm³/mol. The van der Waals surface area contributed by atoms with Crippen LogP contribution in [0.3, 0.4) is 0 Å².